The first-order valence-corrected chi connectivity index (χ1v) is 15.2. The van der Waals surface area contributed by atoms with Crippen LogP contribution in [0.5, 0.6) is 11.5 Å². The van der Waals surface area contributed by atoms with E-state index in [0.29, 0.717) is 35.3 Å². The predicted molar refractivity (Wildman–Crippen MR) is 142 cm³/mol. The molecule has 0 amide bonds. The van der Waals surface area contributed by atoms with E-state index in [1.165, 1.54) is 12.1 Å². The van der Waals surface area contributed by atoms with Crippen molar-refractivity contribution in [1.82, 2.24) is 0 Å². The molecule has 0 heterocycles. The summed E-state index contributed by atoms with van der Waals surface area (Å²) in [6.07, 6.45) is 1.86. The van der Waals surface area contributed by atoms with E-state index in [2.05, 4.69) is 0 Å². The highest BCUT2D eigenvalue weighted by atomic mass is 32.2. The Morgan fingerprint density at radius 1 is 1.03 bits per heavy atom. The van der Waals surface area contributed by atoms with E-state index in [1.54, 1.807) is 6.92 Å². The topological polar surface area (TPSA) is 164 Å². The highest BCUT2D eigenvalue weighted by molar-refractivity contribution is 7.86. The Morgan fingerprint density at radius 2 is 1.59 bits per heavy atom. The van der Waals surface area contributed by atoms with Gasteiger partial charge < -0.3 is 15.6 Å². The Bertz CT molecular complexity index is 1440. The largest absolute Gasteiger partial charge is 0.507 e. The molecule has 0 unspecified atom stereocenters. The van der Waals surface area contributed by atoms with Crippen LogP contribution in [0.15, 0.2) is 21.9 Å². The van der Waals surface area contributed by atoms with E-state index in [9.17, 15) is 31.0 Å². The third kappa shape index (κ3) is 5.24. The molecule has 0 aliphatic heterocycles. The molecule has 1 aliphatic rings. The van der Waals surface area contributed by atoms with Gasteiger partial charge in [0.1, 0.15) is 27.9 Å². The maximum absolute atomic E-state index is 12.8. The molecule has 0 bridgehead atoms. The first-order chi connectivity index (χ1) is 16.9. The molecule has 0 radical (unpaired) electrons. The zero-order valence-electron chi connectivity index (χ0n) is 22.2. The minimum Gasteiger partial charge on any atom is -0.507 e. The van der Waals surface area contributed by atoms with Gasteiger partial charge in [0, 0.05) is 34.4 Å². The monoisotopic (exact) mass is 555 g/mol. The van der Waals surface area contributed by atoms with Crippen molar-refractivity contribution in [3.63, 3.8) is 0 Å². The van der Waals surface area contributed by atoms with Gasteiger partial charge in [-0.25, -0.2) is 0 Å². The van der Waals surface area contributed by atoms with Crippen LogP contribution in [0.25, 0.3) is 11.1 Å². The van der Waals surface area contributed by atoms with Crippen LogP contribution in [-0.4, -0.2) is 44.2 Å². The van der Waals surface area contributed by atoms with Crippen molar-refractivity contribution in [3.8, 4) is 22.6 Å². The first kappa shape index (κ1) is 29.4. The summed E-state index contributed by atoms with van der Waals surface area (Å²) in [5, 5.41) is 11.5. The van der Waals surface area contributed by atoms with Crippen molar-refractivity contribution in [2.75, 3.05) is 13.2 Å². The second-order valence-electron chi connectivity index (χ2n) is 10.9. The van der Waals surface area contributed by atoms with Crippen LogP contribution in [0.4, 0.5) is 0 Å². The fourth-order valence-corrected chi connectivity index (χ4v) is 7.04. The standard InChI is InChI=1S/C26H37NO8S2/c1-7-9-25(3,4)17-13-19(37(32,33)34)20-16(23(17)28)14-26(5,6)22-21(20)18(36(29,30)31)12-15(8-2)24(22)35-11-10-27/h12-13,28H,7-11,14,27H2,1-6H3,(H,29,30,31)(H,32,33,34). The zero-order chi connectivity index (χ0) is 28.1. The molecule has 9 nitrogen and oxygen atoms in total. The molecule has 11 heteroatoms. The molecule has 3 rings (SSSR count). The number of phenolic OH excluding ortho intramolecular Hbond substituents is 1. The van der Waals surface area contributed by atoms with Crippen molar-refractivity contribution in [2.24, 2.45) is 5.73 Å². The lowest BCUT2D eigenvalue weighted by Crippen LogP contribution is -2.31. The van der Waals surface area contributed by atoms with Gasteiger partial charge in [-0.3, -0.25) is 9.11 Å². The summed E-state index contributed by atoms with van der Waals surface area (Å²) >= 11 is 0. The van der Waals surface area contributed by atoms with E-state index < -0.39 is 40.9 Å². The summed E-state index contributed by atoms with van der Waals surface area (Å²) < 4.78 is 77.6. The van der Waals surface area contributed by atoms with Crippen molar-refractivity contribution in [3.05, 3.63) is 34.4 Å². The average molecular weight is 556 g/mol. The molecular weight excluding hydrogens is 518 g/mol. The lowest BCUT2D eigenvalue weighted by molar-refractivity contribution is 0.311. The fourth-order valence-electron chi connectivity index (χ4n) is 5.54. The van der Waals surface area contributed by atoms with E-state index in [0.717, 1.165) is 6.42 Å². The second-order valence-corrected chi connectivity index (χ2v) is 13.7. The van der Waals surface area contributed by atoms with E-state index >= 15 is 0 Å². The lowest BCUT2D eigenvalue weighted by atomic mass is 9.67. The van der Waals surface area contributed by atoms with Crippen LogP contribution in [-0.2, 0) is 43.9 Å². The highest BCUT2D eigenvalue weighted by Crippen LogP contribution is 2.56. The van der Waals surface area contributed by atoms with Gasteiger partial charge in [0.2, 0.25) is 0 Å². The number of hydrogen-bond acceptors (Lipinski definition) is 7. The van der Waals surface area contributed by atoms with Crippen LogP contribution >= 0.6 is 0 Å². The number of aryl methyl sites for hydroxylation is 1. The van der Waals surface area contributed by atoms with Gasteiger partial charge in [0.15, 0.2) is 0 Å². The van der Waals surface area contributed by atoms with Crippen molar-refractivity contribution >= 4 is 20.2 Å². The molecule has 37 heavy (non-hydrogen) atoms. The van der Waals surface area contributed by atoms with Gasteiger partial charge in [-0.1, -0.05) is 48.0 Å². The minimum atomic E-state index is -4.89. The maximum Gasteiger partial charge on any atom is 0.295 e. The van der Waals surface area contributed by atoms with Gasteiger partial charge in [-0.05, 0) is 47.8 Å². The van der Waals surface area contributed by atoms with Gasteiger partial charge >= 0.3 is 0 Å². The molecule has 0 atom stereocenters. The number of benzene rings is 2. The third-order valence-corrected chi connectivity index (χ3v) is 8.89. The van der Waals surface area contributed by atoms with Crippen LogP contribution in [0, 0.1) is 0 Å². The molecule has 0 saturated heterocycles. The lowest BCUT2D eigenvalue weighted by Gasteiger charge is -2.39. The minimum absolute atomic E-state index is 0.110. The quantitative estimate of drug-likeness (QED) is 0.329. The maximum atomic E-state index is 12.8. The number of phenols is 1. The number of aromatic hydroxyl groups is 1. The van der Waals surface area contributed by atoms with Gasteiger partial charge in [-0.2, -0.15) is 16.8 Å². The predicted octanol–water partition coefficient (Wildman–Crippen LogP) is 4.36. The molecule has 1 aliphatic carbocycles. The van der Waals surface area contributed by atoms with Crippen LogP contribution in [0.3, 0.4) is 0 Å². The molecule has 2 aromatic carbocycles. The molecular formula is C26H37NO8S2. The van der Waals surface area contributed by atoms with E-state index in [1.807, 2.05) is 34.6 Å². The summed E-state index contributed by atoms with van der Waals surface area (Å²) in [6, 6.07) is 2.47. The fraction of sp³-hybridized carbons (Fsp3) is 0.538. The van der Waals surface area contributed by atoms with Crippen LogP contribution in [0.2, 0.25) is 0 Å². The molecule has 0 saturated carbocycles. The average Bonchev–Trinajstić information content (AvgIpc) is 2.75. The molecule has 0 fully saturated rings. The Hall–Kier alpha value is -2.18. The zero-order valence-corrected chi connectivity index (χ0v) is 23.8. The SMILES string of the molecule is CCCC(C)(C)c1cc(S(=O)(=O)O)c2c(c1O)CC(C)(C)c1c(OCCN)c(CC)cc(S(=O)(=O)O)c1-2. The number of fused-ring (bicyclic) bond motifs is 3. The Balaban J connectivity index is 2.67. The summed E-state index contributed by atoms with van der Waals surface area (Å²) in [5.41, 5.74) is 5.27. The van der Waals surface area contributed by atoms with Crippen LogP contribution in [0.1, 0.15) is 76.6 Å². The summed E-state index contributed by atoms with van der Waals surface area (Å²) in [7, 11) is -9.76. The summed E-state index contributed by atoms with van der Waals surface area (Å²) in [4.78, 5) is -1.05. The molecule has 0 spiro atoms. The number of hydrogen-bond donors (Lipinski definition) is 4. The number of rotatable bonds is 9. The summed E-state index contributed by atoms with van der Waals surface area (Å²) in [5.74, 6) is 0.187. The van der Waals surface area contributed by atoms with E-state index in [4.69, 9.17) is 10.5 Å². The normalized spacial score (nSPS) is 15.3. The number of ether oxygens (including phenoxy) is 1. The smallest absolute Gasteiger partial charge is 0.295 e. The first-order valence-electron chi connectivity index (χ1n) is 12.3. The second kappa shape index (κ2) is 9.85. The summed E-state index contributed by atoms with van der Waals surface area (Å²) in [6.45, 7) is 11.4. The van der Waals surface area contributed by atoms with Gasteiger partial charge in [0.05, 0.1) is 0 Å². The number of nitrogens with two attached hydrogens (primary N) is 1. The Kier molecular flexibility index (Phi) is 7.82. The van der Waals surface area contributed by atoms with Crippen molar-refractivity contribution < 1.29 is 35.8 Å². The van der Waals surface area contributed by atoms with Gasteiger partial charge in [0.25, 0.3) is 20.2 Å². The highest BCUT2D eigenvalue weighted by Gasteiger charge is 2.44. The third-order valence-electron chi connectivity index (χ3n) is 7.14. The Labute approximate surface area is 219 Å². The van der Waals surface area contributed by atoms with Crippen molar-refractivity contribution in [2.45, 2.75) is 87.8 Å². The molecule has 206 valence electrons. The van der Waals surface area contributed by atoms with E-state index in [-0.39, 0.29) is 42.0 Å². The molecule has 0 aromatic heterocycles. The molecule has 2 aromatic rings. The molecule has 5 N–H and O–H groups in total. The Morgan fingerprint density at radius 3 is 2.08 bits per heavy atom. The van der Waals surface area contributed by atoms with Crippen molar-refractivity contribution in [1.29, 1.82) is 0 Å². The van der Waals surface area contributed by atoms with Gasteiger partial charge in [-0.15, -0.1) is 0 Å². The van der Waals surface area contributed by atoms with Crippen LogP contribution < -0.4 is 10.5 Å².